The molecule has 0 amide bonds. The third kappa shape index (κ3) is 2.61. The highest BCUT2D eigenvalue weighted by molar-refractivity contribution is 7.89. The largest absolute Gasteiger partial charge is 0.495 e. The maximum atomic E-state index is 12.9. The summed E-state index contributed by atoms with van der Waals surface area (Å²) in [6, 6.07) is 5.04. The van der Waals surface area contributed by atoms with E-state index < -0.39 is 10.0 Å². The van der Waals surface area contributed by atoms with Gasteiger partial charge >= 0.3 is 0 Å². The van der Waals surface area contributed by atoms with Gasteiger partial charge in [0.2, 0.25) is 10.0 Å². The molecule has 7 heteroatoms. The molecule has 0 aromatic heterocycles. The minimum Gasteiger partial charge on any atom is -0.495 e. The number of sulfonamides is 1. The highest BCUT2D eigenvalue weighted by Gasteiger charge is 2.37. The van der Waals surface area contributed by atoms with Crippen LogP contribution in [0, 0.1) is 0 Å². The number of benzene rings is 1. The van der Waals surface area contributed by atoms with Crippen molar-refractivity contribution in [1.29, 1.82) is 0 Å². The first kappa shape index (κ1) is 14.6. The summed E-state index contributed by atoms with van der Waals surface area (Å²) in [5.74, 6) is 0.309. The van der Waals surface area contributed by atoms with Crippen molar-refractivity contribution in [3.05, 3.63) is 18.2 Å². The zero-order chi connectivity index (χ0) is 15.0. The van der Waals surface area contributed by atoms with Gasteiger partial charge in [-0.3, -0.25) is 4.90 Å². The number of nitrogens with two attached hydrogens (primary N) is 1. The molecule has 1 aromatic rings. The van der Waals surface area contributed by atoms with Crippen molar-refractivity contribution >= 4 is 15.7 Å². The molecular weight excluding hydrogens is 290 g/mol. The van der Waals surface area contributed by atoms with Gasteiger partial charge in [-0.1, -0.05) is 0 Å². The molecule has 3 rings (SSSR count). The van der Waals surface area contributed by atoms with Gasteiger partial charge in [0.1, 0.15) is 10.6 Å². The number of piperazine rings is 1. The number of methoxy groups -OCH3 is 1. The number of hydrogen-bond acceptors (Lipinski definition) is 5. The van der Waals surface area contributed by atoms with E-state index >= 15 is 0 Å². The molecule has 0 radical (unpaired) electrons. The van der Waals surface area contributed by atoms with E-state index in [-0.39, 0.29) is 4.90 Å². The van der Waals surface area contributed by atoms with Crippen molar-refractivity contribution in [2.75, 3.05) is 39.0 Å². The molecule has 0 bridgehead atoms. The highest BCUT2D eigenvalue weighted by atomic mass is 32.2. The van der Waals surface area contributed by atoms with Gasteiger partial charge in [0, 0.05) is 37.4 Å². The van der Waals surface area contributed by atoms with Crippen LogP contribution in [0.3, 0.4) is 0 Å². The summed E-state index contributed by atoms with van der Waals surface area (Å²) in [6.07, 6.45) is 2.23. The maximum Gasteiger partial charge on any atom is 0.246 e. The molecule has 2 heterocycles. The number of anilines is 1. The highest BCUT2D eigenvalue weighted by Crippen LogP contribution is 2.31. The van der Waals surface area contributed by atoms with E-state index in [1.807, 2.05) is 0 Å². The number of hydrogen-bond donors (Lipinski definition) is 1. The summed E-state index contributed by atoms with van der Waals surface area (Å²) in [5.41, 5.74) is 6.19. The lowest BCUT2D eigenvalue weighted by Gasteiger charge is -2.36. The molecule has 0 aliphatic carbocycles. The van der Waals surface area contributed by atoms with Crippen LogP contribution >= 0.6 is 0 Å². The lowest BCUT2D eigenvalue weighted by molar-refractivity contribution is 0.158. The first-order valence-electron chi connectivity index (χ1n) is 7.20. The molecule has 6 nitrogen and oxygen atoms in total. The first-order valence-corrected chi connectivity index (χ1v) is 8.64. The summed E-state index contributed by atoms with van der Waals surface area (Å²) >= 11 is 0. The Bertz CT molecular complexity index is 632. The van der Waals surface area contributed by atoms with Gasteiger partial charge in [-0.25, -0.2) is 8.42 Å². The van der Waals surface area contributed by atoms with Crippen LogP contribution in [-0.2, 0) is 10.0 Å². The molecule has 1 unspecified atom stereocenters. The molecular formula is C14H21N3O3S. The van der Waals surface area contributed by atoms with Crippen molar-refractivity contribution in [3.8, 4) is 5.75 Å². The molecule has 2 N–H and O–H groups in total. The average Bonchev–Trinajstić information content (AvgIpc) is 2.94. The predicted molar refractivity (Wildman–Crippen MR) is 80.8 cm³/mol. The van der Waals surface area contributed by atoms with Gasteiger partial charge in [0.25, 0.3) is 0 Å². The van der Waals surface area contributed by atoms with Crippen LogP contribution in [0.25, 0.3) is 0 Å². The fourth-order valence-electron chi connectivity index (χ4n) is 3.22. The predicted octanol–water partition coefficient (Wildman–Crippen LogP) is 0.746. The summed E-state index contributed by atoms with van der Waals surface area (Å²) in [7, 11) is -2.07. The van der Waals surface area contributed by atoms with Gasteiger partial charge in [0.05, 0.1) is 7.11 Å². The van der Waals surface area contributed by atoms with E-state index in [0.717, 1.165) is 25.9 Å². The van der Waals surface area contributed by atoms with Crippen molar-refractivity contribution in [2.45, 2.75) is 23.8 Å². The second kappa shape index (κ2) is 5.47. The lowest BCUT2D eigenvalue weighted by atomic mass is 10.2. The van der Waals surface area contributed by atoms with E-state index in [4.69, 9.17) is 10.5 Å². The number of nitrogen functional groups attached to an aromatic ring is 1. The monoisotopic (exact) mass is 311 g/mol. The summed E-state index contributed by atoms with van der Waals surface area (Å²) in [4.78, 5) is 2.58. The van der Waals surface area contributed by atoms with Crippen molar-refractivity contribution in [1.82, 2.24) is 9.21 Å². The van der Waals surface area contributed by atoms with Gasteiger partial charge < -0.3 is 10.5 Å². The molecule has 0 saturated carbocycles. The molecule has 0 spiro atoms. The normalized spacial score (nSPS) is 24.0. The molecule has 21 heavy (non-hydrogen) atoms. The van der Waals surface area contributed by atoms with Crippen LogP contribution in [0.2, 0.25) is 0 Å². The van der Waals surface area contributed by atoms with Gasteiger partial charge in [-0.15, -0.1) is 0 Å². The quantitative estimate of drug-likeness (QED) is 0.834. The molecule has 2 fully saturated rings. The number of fused-ring (bicyclic) bond motifs is 1. The van der Waals surface area contributed by atoms with Gasteiger partial charge in [0.15, 0.2) is 0 Å². The van der Waals surface area contributed by atoms with E-state index in [9.17, 15) is 8.42 Å². The Morgan fingerprint density at radius 2 is 2.10 bits per heavy atom. The molecule has 1 aromatic carbocycles. The maximum absolute atomic E-state index is 12.9. The van der Waals surface area contributed by atoms with Crippen LogP contribution in [0.15, 0.2) is 23.1 Å². The standard InChI is InChI=1S/C14H21N3O3S/c1-20-13-9-11(15)4-5-14(13)21(18,19)17-8-7-16-6-2-3-12(16)10-17/h4-5,9,12H,2-3,6-8,10,15H2,1H3. The number of nitrogens with zero attached hydrogens (tertiary/aromatic N) is 2. The zero-order valence-corrected chi connectivity index (χ0v) is 13.0. The van der Waals surface area contributed by atoms with E-state index in [1.165, 1.54) is 13.2 Å². The van der Waals surface area contributed by atoms with E-state index in [1.54, 1.807) is 16.4 Å². The third-order valence-electron chi connectivity index (χ3n) is 4.36. The van der Waals surface area contributed by atoms with E-state index in [2.05, 4.69) is 4.90 Å². The average molecular weight is 311 g/mol. The van der Waals surface area contributed by atoms with Crippen LogP contribution in [0.4, 0.5) is 5.69 Å². The Morgan fingerprint density at radius 1 is 1.29 bits per heavy atom. The zero-order valence-electron chi connectivity index (χ0n) is 12.2. The van der Waals surface area contributed by atoms with Gasteiger partial charge in [-0.2, -0.15) is 4.31 Å². The fourth-order valence-corrected chi connectivity index (χ4v) is 4.82. The summed E-state index contributed by atoms with van der Waals surface area (Å²) < 4.78 is 32.5. The Balaban J connectivity index is 1.90. The molecule has 116 valence electrons. The lowest BCUT2D eigenvalue weighted by Crippen LogP contribution is -2.51. The Hall–Kier alpha value is -1.31. The summed E-state index contributed by atoms with van der Waals surface area (Å²) in [5, 5.41) is 0. The first-order chi connectivity index (χ1) is 10.0. The smallest absolute Gasteiger partial charge is 0.246 e. The Kier molecular flexibility index (Phi) is 3.81. The third-order valence-corrected chi connectivity index (χ3v) is 6.26. The minimum absolute atomic E-state index is 0.200. The van der Waals surface area contributed by atoms with Crippen LogP contribution in [0.5, 0.6) is 5.75 Å². The molecule has 1 atom stereocenters. The SMILES string of the molecule is COc1cc(N)ccc1S(=O)(=O)N1CCN2CCCC2C1. The van der Waals surface area contributed by atoms with E-state index in [0.29, 0.717) is 30.6 Å². The van der Waals surface area contributed by atoms with Crippen molar-refractivity contribution < 1.29 is 13.2 Å². The number of ether oxygens (including phenoxy) is 1. The van der Waals surface area contributed by atoms with Crippen molar-refractivity contribution in [3.63, 3.8) is 0 Å². The van der Waals surface area contributed by atoms with Crippen molar-refractivity contribution in [2.24, 2.45) is 0 Å². The van der Waals surface area contributed by atoms with Crippen LogP contribution in [-0.4, -0.2) is 57.0 Å². The summed E-state index contributed by atoms with van der Waals surface area (Å²) in [6.45, 7) is 2.99. The number of rotatable bonds is 3. The molecule has 2 aliphatic rings. The van der Waals surface area contributed by atoms with Crippen LogP contribution < -0.4 is 10.5 Å². The molecule has 2 aliphatic heterocycles. The van der Waals surface area contributed by atoms with Crippen LogP contribution in [0.1, 0.15) is 12.8 Å². The minimum atomic E-state index is -3.53. The second-order valence-electron chi connectivity index (χ2n) is 5.61. The fraction of sp³-hybridized carbons (Fsp3) is 0.571. The molecule has 2 saturated heterocycles. The Morgan fingerprint density at radius 3 is 2.86 bits per heavy atom. The topological polar surface area (TPSA) is 75.9 Å². The van der Waals surface area contributed by atoms with Gasteiger partial charge in [-0.05, 0) is 31.5 Å². The Labute approximate surface area is 125 Å². The second-order valence-corrected chi connectivity index (χ2v) is 7.51.